The summed E-state index contributed by atoms with van der Waals surface area (Å²) in [6.45, 7) is 3.46. The van der Waals surface area contributed by atoms with Crippen LogP contribution in [0.25, 0.3) is 0 Å². The molecular weight excluding hydrogens is 348 g/mol. The second kappa shape index (κ2) is 7.60. The van der Waals surface area contributed by atoms with Gasteiger partial charge in [0.25, 0.3) is 0 Å². The first-order valence-electron chi connectivity index (χ1n) is 9.23. The number of hydrogen-bond donors (Lipinski definition) is 0. The summed E-state index contributed by atoms with van der Waals surface area (Å²) in [6, 6.07) is 7.77. The van der Waals surface area contributed by atoms with Crippen molar-refractivity contribution in [1.82, 2.24) is 10.1 Å². The topological polar surface area (TPSA) is 74.0 Å². The summed E-state index contributed by atoms with van der Waals surface area (Å²) in [5.41, 5.74) is 1.94. The zero-order chi connectivity index (χ0) is 18.8. The summed E-state index contributed by atoms with van der Waals surface area (Å²) in [5.74, 6) is 2.72. The maximum atomic E-state index is 12.7. The molecule has 2 atom stereocenters. The van der Waals surface area contributed by atoms with E-state index in [0.717, 1.165) is 34.9 Å². The quantitative estimate of drug-likeness (QED) is 0.775. The number of benzene rings is 1. The van der Waals surface area contributed by atoms with E-state index < -0.39 is 0 Å². The van der Waals surface area contributed by atoms with Gasteiger partial charge in [0.1, 0.15) is 5.76 Å². The molecule has 2 aliphatic rings. The van der Waals surface area contributed by atoms with Crippen LogP contribution in [0.2, 0.25) is 0 Å². The van der Waals surface area contributed by atoms with Crippen LogP contribution in [0.5, 0.6) is 11.5 Å². The van der Waals surface area contributed by atoms with E-state index in [0.29, 0.717) is 25.9 Å². The minimum atomic E-state index is 0.0184. The Kier molecular flexibility index (Phi) is 5.03. The fraction of sp³-hybridized carbons (Fsp3) is 0.500. The SMILES string of the molecule is CO[C@H]1CN(C(=O)CCc2ccc3c(c2)OCO3)C[C@H]1Cc1cc(C)no1. The molecule has 0 unspecified atom stereocenters. The van der Waals surface area contributed by atoms with Crippen molar-refractivity contribution >= 4 is 5.91 Å². The van der Waals surface area contributed by atoms with Gasteiger partial charge < -0.3 is 23.6 Å². The van der Waals surface area contributed by atoms with Gasteiger partial charge in [0.2, 0.25) is 12.7 Å². The Balaban J connectivity index is 1.33. The van der Waals surface area contributed by atoms with Gasteiger partial charge in [-0.15, -0.1) is 0 Å². The summed E-state index contributed by atoms with van der Waals surface area (Å²) in [7, 11) is 1.70. The van der Waals surface area contributed by atoms with Gasteiger partial charge in [-0.2, -0.15) is 0 Å². The highest BCUT2D eigenvalue weighted by atomic mass is 16.7. The number of carbonyl (C=O) groups is 1. The van der Waals surface area contributed by atoms with E-state index in [-0.39, 0.29) is 24.7 Å². The first-order valence-corrected chi connectivity index (χ1v) is 9.23. The molecule has 0 spiro atoms. The highest BCUT2D eigenvalue weighted by Gasteiger charge is 2.35. The highest BCUT2D eigenvalue weighted by Crippen LogP contribution is 2.33. The van der Waals surface area contributed by atoms with Gasteiger partial charge in [-0.3, -0.25) is 4.79 Å². The van der Waals surface area contributed by atoms with Crippen molar-refractivity contribution in [1.29, 1.82) is 0 Å². The van der Waals surface area contributed by atoms with Crippen LogP contribution in [0.1, 0.15) is 23.4 Å². The Morgan fingerprint density at radius 1 is 1.26 bits per heavy atom. The summed E-state index contributed by atoms with van der Waals surface area (Å²) in [4.78, 5) is 14.6. The lowest BCUT2D eigenvalue weighted by atomic mass is 10.0. The summed E-state index contributed by atoms with van der Waals surface area (Å²) in [6.07, 6.45) is 1.88. The van der Waals surface area contributed by atoms with Crippen LogP contribution in [0.15, 0.2) is 28.8 Å². The lowest BCUT2D eigenvalue weighted by molar-refractivity contribution is -0.130. The molecule has 0 N–H and O–H groups in total. The van der Waals surface area contributed by atoms with Crippen LogP contribution >= 0.6 is 0 Å². The van der Waals surface area contributed by atoms with E-state index in [2.05, 4.69) is 5.16 Å². The van der Waals surface area contributed by atoms with Gasteiger partial charge in [-0.1, -0.05) is 11.2 Å². The third kappa shape index (κ3) is 3.93. The van der Waals surface area contributed by atoms with Gasteiger partial charge in [0, 0.05) is 45.0 Å². The maximum absolute atomic E-state index is 12.7. The number of methoxy groups -OCH3 is 1. The van der Waals surface area contributed by atoms with Crippen molar-refractivity contribution in [2.45, 2.75) is 32.3 Å². The number of fused-ring (bicyclic) bond motifs is 1. The minimum Gasteiger partial charge on any atom is -0.454 e. The van der Waals surface area contributed by atoms with Gasteiger partial charge >= 0.3 is 0 Å². The van der Waals surface area contributed by atoms with Crippen LogP contribution in [0, 0.1) is 12.8 Å². The molecule has 27 heavy (non-hydrogen) atoms. The van der Waals surface area contributed by atoms with E-state index in [1.165, 1.54) is 0 Å². The van der Waals surface area contributed by atoms with Crippen molar-refractivity contribution in [3.8, 4) is 11.5 Å². The Hall–Kier alpha value is -2.54. The zero-order valence-electron chi connectivity index (χ0n) is 15.6. The smallest absolute Gasteiger partial charge is 0.231 e. The first-order chi connectivity index (χ1) is 13.1. The fourth-order valence-electron chi connectivity index (χ4n) is 3.78. The number of ether oxygens (including phenoxy) is 3. The molecule has 1 aromatic carbocycles. The number of carbonyl (C=O) groups excluding carboxylic acids is 1. The molecule has 144 valence electrons. The molecule has 2 aromatic rings. The standard InChI is InChI=1S/C20H24N2O5/c1-13-7-16(27-21-13)9-15-10-22(11-19(15)24-2)20(23)6-4-14-3-5-17-18(8-14)26-12-25-17/h3,5,7-8,15,19H,4,6,9-12H2,1-2H3/t15-,19+/m1/s1. The molecule has 1 amide bonds. The van der Waals surface area contributed by atoms with Crippen LogP contribution in [0.3, 0.4) is 0 Å². The minimum absolute atomic E-state index is 0.0184. The van der Waals surface area contributed by atoms with Gasteiger partial charge in [-0.25, -0.2) is 0 Å². The molecule has 0 radical (unpaired) electrons. The lowest BCUT2D eigenvalue weighted by Crippen LogP contribution is -2.30. The van der Waals surface area contributed by atoms with E-state index in [1.54, 1.807) is 7.11 Å². The first kappa shape index (κ1) is 17.9. The molecule has 7 nitrogen and oxygen atoms in total. The Labute approximate surface area is 158 Å². The maximum Gasteiger partial charge on any atom is 0.231 e. The van der Waals surface area contributed by atoms with Gasteiger partial charge in [-0.05, 0) is 31.0 Å². The number of nitrogens with zero attached hydrogens (tertiary/aromatic N) is 2. The molecule has 3 heterocycles. The van der Waals surface area contributed by atoms with E-state index in [4.69, 9.17) is 18.7 Å². The molecule has 1 aromatic heterocycles. The number of rotatable bonds is 6. The van der Waals surface area contributed by atoms with Crippen molar-refractivity contribution in [3.63, 3.8) is 0 Å². The number of likely N-dealkylation sites (tertiary alicyclic amines) is 1. The van der Waals surface area contributed by atoms with Gasteiger partial charge in [0.05, 0.1) is 11.8 Å². The van der Waals surface area contributed by atoms with E-state index in [9.17, 15) is 4.79 Å². The van der Waals surface area contributed by atoms with E-state index >= 15 is 0 Å². The Morgan fingerprint density at radius 2 is 2.11 bits per heavy atom. The van der Waals surface area contributed by atoms with Crippen LogP contribution in [-0.4, -0.2) is 49.1 Å². The molecule has 7 heteroatoms. The molecular formula is C20H24N2O5. The molecule has 1 fully saturated rings. The number of hydrogen-bond acceptors (Lipinski definition) is 6. The van der Waals surface area contributed by atoms with Crippen LogP contribution in [0.4, 0.5) is 0 Å². The third-order valence-corrected chi connectivity index (χ3v) is 5.24. The van der Waals surface area contributed by atoms with Crippen molar-refractivity contribution in [3.05, 3.63) is 41.3 Å². The van der Waals surface area contributed by atoms with Crippen molar-refractivity contribution < 1.29 is 23.5 Å². The number of amides is 1. The number of aromatic nitrogens is 1. The molecule has 1 saturated heterocycles. The third-order valence-electron chi connectivity index (χ3n) is 5.24. The summed E-state index contributed by atoms with van der Waals surface area (Å²) >= 11 is 0. The molecule has 0 saturated carbocycles. The fourth-order valence-corrected chi connectivity index (χ4v) is 3.78. The van der Waals surface area contributed by atoms with E-state index in [1.807, 2.05) is 36.1 Å². The second-order valence-corrected chi connectivity index (χ2v) is 7.16. The van der Waals surface area contributed by atoms with Crippen LogP contribution in [-0.2, 0) is 22.4 Å². The van der Waals surface area contributed by atoms with Crippen molar-refractivity contribution in [2.24, 2.45) is 5.92 Å². The molecule has 2 aliphatic heterocycles. The predicted molar refractivity (Wildman–Crippen MR) is 96.7 cm³/mol. The lowest BCUT2D eigenvalue weighted by Gasteiger charge is -2.16. The second-order valence-electron chi connectivity index (χ2n) is 7.16. The Bertz CT molecular complexity index is 818. The zero-order valence-corrected chi connectivity index (χ0v) is 15.6. The Morgan fingerprint density at radius 3 is 2.89 bits per heavy atom. The average Bonchev–Trinajstić information content (AvgIpc) is 3.39. The van der Waals surface area contributed by atoms with Gasteiger partial charge in [0.15, 0.2) is 11.5 Å². The monoisotopic (exact) mass is 372 g/mol. The summed E-state index contributed by atoms with van der Waals surface area (Å²) < 4.78 is 21.7. The predicted octanol–water partition coefficient (Wildman–Crippen LogP) is 2.36. The normalized spacial score (nSPS) is 21.0. The molecule has 0 aliphatic carbocycles. The molecule has 0 bridgehead atoms. The summed E-state index contributed by atoms with van der Waals surface area (Å²) in [5, 5.41) is 3.94. The largest absolute Gasteiger partial charge is 0.454 e. The highest BCUT2D eigenvalue weighted by molar-refractivity contribution is 5.77. The average molecular weight is 372 g/mol. The number of aryl methyl sites for hydroxylation is 2. The molecule has 4 rings (SSSR count). The van der Waals surface area contributed by atoms with Crippen molar-refractivity contribution in [2.75, 3.05) is 27.0 Å². The van der Waals surface area contributed by atoms with Crippen LogP contribution < -0.4 is 9.47 Å².